The van der Waals surface area contributed by atoms with Crippen LogP contribution in [0.25, 0.3) is 5.57 Å². The maximum Gasteiger partial charge on any atom is 0.325 e. The van der Waals surface area contributed by atoms with Gasteiger partial charge in [0.25, 0.3) is 5.91 Å². The molecule has 0 spiro atoms. The molecule has 0 unspecified atom stereocenters. The lowest BCUT2D eigenvalue weighted by Crippen LogP contribution is -2.43. The van der Waals surface area contributed by atoms with Gasteiger partial charge >= 0.3 is 6.03 Å². The van der Waals surface area contributed by atoms with Gasteiger partial charge in [-0.05, 0) is 30.9 Å². The number of rotatable bonds is 5. The lowest BCUT2D eigenvalue weighted by Gasteiger charge is -2.29. The maximum absolute atomic E-state index is 12.3. The van der Waals surface area contributed by atoms with Gasteiger partial charge in [0, 0.05) is 13.1 Å². The highest BCUT2D eigenvalue weighted by Crippen LogP contribution is 2.23. The zero-order valence-corrected chi connectivity index (χ0v) is 14.4. The van der Waals surface area contributed by atoms with Crippen molar-refractivity contribution in [2.45, 2.75) is 39.2 Å². The summed E-state index contributed by atoms with van der Waals surface area (Å²) in [5.74, 6) is -0.0878. The topological polar surface area (TPSA) is 52.7 Å². The van der Waals surface area contributed by atoms with E-state index < -0.39 is 0 Å². The number of benzene rings is 1. The zero-order valence-electron chi connectivity index (χ0n) is 14.4. The summed E-state index contributed by atoms with van der Waals surface area (Å²) in [5, 5.41) is 2.78. The first kappa shape index (κ1) is 16.7. The molecule has 0 aromatic heterocycles. The standard InChI is InChI=1S/C19H25N3O2/c1-3-4-17-18(23)22(19(24)20-17)13-21-11-9-16(10-12-21)15-7-5-14(2)6-8-15/h5-9,17H,3-4,10-13H2,1-2H3,(H,20,24)/t17-/m1/s1. The number of hydrogen-bond acceptors (Lipinski definition) is 3. The Kier molecular flexibility index (Phi) is 5.00. The first-order valence-electron chi connectivity index (χ1n) is 8.68. The highest BCUT2D eigenvalue weighted by Gasteiger charge is 2.38. The number of nitrogens with zero attached hydrogens (tertiary/aromatic N) is 2. The van der Waals surface area contributed by atoms with Crippen molar-refractivity contribution in [3.63, 3.8) is 0 Å². The van der Waals surface area contributed by atoms with Gasteiger partial charge in [-0.25, -0.2) is 9.69 Å². The van der Waals surface area contributed by atoms with E-state index in [1.807, 2.05) is 6.92 Å². The van der Waals surface area contributed by atoms with Crippen molar-refractivity contribution in [3.05, 3.63) is 41.5 Å². The largest absolute Gasteiger partial charge is 0.326 e. The summed E-state index contributed by atoms with van der Waals surface area (Å²) in [4.78, 5) is 27.8. The molecule has 2 aliphatic heterocycles. The van der Waals surface area contributed by atoms with Gasteiger partial charge in [-0.15, -0.1) is 0 Å². The minimum atomic E-state index is -0.342. The van der Waals surface area contributed by atoms with Crippen LogP contribution < -0.4 is 5.32 Å². The van der Waals surface area contributed by atoms with Gasteiger partial charge in [-0.1, -0.05) is 49.2 Å². The van der Waals surface area contributed by atoms with E-state index in [0.29, 0.717) is 13.1 Å². The molecule has 1 saturated heterocycles. The fourth-order valence-corrected chi connectivity index (χ4v) is 3.26. The molecular formula is C19H25N3O2. The van der Waals surface area contributed by atoms with E-state index >= 15 is 0 Å². The van der Waals surface area contributed by atoms with Crippen LogP contribution in [0.1, 0.15) is 37.3 Å². The van der Waals surface area contributed by atoms with E-state index in [0.717, 1.165) is 25.9 Å². The zero-order chi connectivity index (χ0) is 17.1. The molecule has 0 aliphatic carbocycles. The molecule has 1 atom stereocenters. The van der Waals surface area contributed by atoms with E-state index in [1.54, 1.807) is 0 Å². The molecule has 1 fully saturated rings. The van der Waals surface area contributed by atoms with Crippen LogP contribution in [0.2, 0.25) is 0 Å². The maximum atomic E-state index is 12.3. The molecule has 0 radical (unpaired) electrons. The summed E-state index contributed by atoms with van der Waals surface area (Å²) < 4.78 is 0. The van der Waals surface area contributed by atoms with Crippen LogP contribution in [0, 0.1) is 6.92 Å². The molecule has 3 rings (SSSR count). The fraction of sp³-hybridized carbons (Fsp3) is 0.474. The molecule has 128 valence electrons. The molecule has 0 saturated carbocycles. The average molecular weight is 327 g/mol. The van der Waals surface area contributed by atoms with Crippen LogP contribution in [-0.2, 0) is 4.79 Å². The number of urea groups is 1. The quantitative estimate of drug-likeness (QED) is 0.846. The van der Waals surface area contributed by atoms with Gasteiger partial charge in [0.2, 0.25) is 0 Å². The predicted molar refractivity (Wildman–Crippen MR) is 94.3 cm³/mol. The minimum Gasteiger partial charge on any atom is -0.326 e. The Bertz CT molecular complexity index is 651. The van der Waals surface area contributed by atoms with Crippen molar-refractivity contribution >= 4 is 17.5 Å². The number of nitrogens with one attached hydrogen (secondary N) is 1. The third-order valence-corrected chi connectivity index (χ3v) is 4.74. The van der Waals surface area contributed by atoms with Crippen molar-refractivity contribution < 1.29 is 9.59 Å². The van der Waals surface area contributed by atoms with Crippen molar-refractivity contribution in [1.29, 1.82) is 0 Å². The average Bonchev–Trinajstić information content (AvgIpc) is 2.84. The van der Waals surface area contributed by atoms with Crippen molar-refractivity contribution in [3.8, 4) is 0 Å². The molecule has 5 heteroatoms. The fourth-order valence-electron chi connectivity index (χ4n) is 3.26. The van der Waals surface area contributed by atoms with Crippen LogP contribution in [0.15, 0.2) is 30.3 Å². The lowest BCUT2D eigenvalue weighted by atomic mass is 9.99. The summed E-state index contributed by atoms with van der Waals surface area (Å²) in [7, 11) is 0. The van der Waals surface area contributed by atoms with E-state index in [9.17, 15) is 9.59 Å². The van der Waals surface area contributed by atoms with Crippen LogP contribution in [0.3, 0.4) is 0 Å². The summed E-state index contributed by atoms with van der Waals surface area (Å²) in [6.07, 6.45) is 4.73. The van der Waals surface area contributed by atoms with E-state index in [2.05, 4.69) is 47.5 Å². The van der Waals surface area contributed by atoms with Gasteiger partial charge in [0.15, 0.2) is 0 Å². The molecule has 1 N–H and O–H groups in total. The Balaban J connectivity index is 1.60. The summed E-state index contributed by atoms with van der Waals surface area (Å²) in [6.45, 7) is 6.10. The van der Waals surface area contributed by atoms with Crippen molar-refractivity contribution in [2.75, 3.05) is 19.8 Å². The number of imide groups is 1. The van der Waals surface area contributed by atoms with Gasteiger partial charge in [0.1, 0.15) is 6.04 Å². The second-order valence-electron chi connectivity index (χ2n) is 6.62. The van der Waals surface area contributed by atoms with Crippen LogP contribution in [0.5, 0.6) is 0 Å². The number of amides is 3. The van der Waals surface area contributed by atoms with E-state index in [-0.39, 0.29) is 18.0 Å². The normalized spacial score (nSPS) is 21.8. The molecule has 2 aliphatic rings. The Morgan fingerprint density at radius 1 is 1.21 bits per heavy atom. The predicted octanol–water partition coefficient (Wildman–Crippen LogP) is 2.76. The molecule has 2 heterocycles. The number of carbonyl (C=O) groups is 2. The minimum absolute atomic E-state index is 0.0878. The monoisotopic (exact) mass is 327 g/mol. The summed E-state index contributed by atoms with van der Waals surface area (Å²) in [5.41, 5.74) is 3.86. The molecule has 1 aromatic rings. The Morgan fingerprint density at radius 3 is 2.58 bits per heavy atom. The first-order valence-corrected chi connectivity index (χ1v) is 8.68. The van der Waals surface area contributed by atoms with Gasteiger partial charge < -0.3 is 5.32 Å². The number of carbonyl (C=O) groups excluding carboxylic acids is 2. The Labute approximate surface area is 143 Å². The van der Waals surface area contributed by atoms with E-state index in [4.69, 9.17) is 0 Å². The SMILES string of the molecule is CCC[C@H]1NC(=O)N(CN2CC=C(c3ccc(C)cc3)CC2)C1=O. The highest BCUT2D eigenvalue weighted by molar-refractivity contribution is 6.04. The summed E-state index contributed by atoms with van der Waals surface area (Å²) >= 11 is 0. The van der Waals surface area contributed by atoms with Gasteiger partial charge in [-0.3, -0.25) is 9.69 Å². The van der Waals surface area contributed by atoms with Crippen LogP contribution in [-0.4, -0.2) is 47.5 Å². The molecule has 0 bridgehead atoms. The molecular weight excluding hydrogens is 302 g/mol. The first-order chi connectivity index (χ1) is 11.6. The third kappa shape index (κ3) is 3.51. The second kappa shape index (κ2) is 7.18. The van der Waals surface area contributed by atoms with Crippen LogP contribution >= 0.6 is 0 Å². The summed E-state index contributed by atoms with van der Waals surface area (Å²) in [6, 6.07) is 7.97. The van der Waals surface area contributed by atoms with E-state index in [1.165, 1.54) is 21.6 Å². The molecule has 1 aromatic carbocycles. The molecule has 3 amide bonds. The van der Waals surface area contributed by atoms with Crippen molar-refractivity contribution in [2.24, 2.45) is 0 Å². The highest BCUT2D eigenvalue weighted by atomic mass is 16.2. The van der Waals surface area contributed by atoms with Crippen molar-refractivity contribution in [1.82, 2.24) is 15.1 Å². The van der Waals surface area contributed by atoms with Gasteiger partial charge in [-0.2, -0.15) is 0 Å². The number of aryl methyl sites for hydroxylation is 1. The molecule has 24 heavy (non-hydrogen) atoms. The Hall–Kier alpha value is -2.14. The third-order valence-electron chi connectivity index (χ3n) is 4.74. The lowest BCUT2D eigenvalue weighted by molar-refractivity contribution is -0.129. The Morgan fingerprint density at radius 2 is 1.96 bits per heavy atom. The van der Waals surface area contributed by atoms with Gasteiger partial charge in [0.05, 0.1) is 6.67 Å². The number of hydrogen-bond donors (Lipinski definition) is 1. The van der Waals surface area contributed by atoms with Crippen LogP contribution in [0.4, 0.5) is 4.79 Å². The molecule has 5 nitrogen and oxygen atoms in total. The smallest absolute Gasteiger partial charge is 0.325 e. The second-order valence-corrected chi connectivity index (χ2v) is 6.62.